The molecule has 1 atom stereocenters. The summed E-state index contributed by atoms with van der Waals surface area (Å²) in [4.78, 5) is 24.0. The average molecular weight is 550 g/mol. The molecule has 1 aromatic heterocycles. The number of halogens is 3. The largest absolute Gasteiger partial charge is 0.497 e. The third-order valence-electron chi connectivity index (χ3n) is 6.75. The van der Waals surface area contributed by atoms with Gasteiger partial charge in [-0.3, -0.25) is 9.69 Å². The lowest BCUT2D eigenvalue weighted by atomic mass is 9.98. The van der Waals surface area contributed by atoms with E-state index in [0.29, 0.717) is 33.5 Å². The highest BCUT2D eigenvalue weighted by Crippen LogP contribution is 2.40. The van der Waals surface area contributed by atoms with Crippen molar-refractivity contribution >= 4 is 45.6 Å². The SMILES string of the molecule is COc1cccc(-c2c(NC(=O)/C=C/C3CCCN3C)ccc3ncnc(Nc4ccc(F)c(Cl)c4F)c23)c1. The number of likely N-dealkylation sites (N-methyl/N-ethyl adjacent to an activating group) is 1. The Balaban J connectivity index is 1.62. The van der Waals surface area contributed by atoms with E-state index in [-0.39, 0.29) is 23.5 Å². The number of nitrogens with zero attached hydrogens (tertiary/aromatic N) is 3. The van der Waals surface area contributed by atoms with Gasteiger partial charge in [0.1, 0.15) is 28.7 Å². The quantitative estimate of drug-likeness (QED) is 0.200. The Labute approximate surface area is 229 Å². The third-order valence-corrected chi connectivity index (χ3v) is 7.10. The summed E-state index contributed by atoms with van der Waals surface area (Å²) in [6.45, 7) is 0.997. The summed E-state index contributed by atoms with van der Waals surface area (Å²) >= 11 is 5.80. The Morgan fingerprint density at radius 2 is 1.97 bits per heavy atom. The molecule has 1 amide bonds. The highest BCUT2D eigenvalue weighted by atomic mass is 35.5. The molecule has 10 heteroatoms. The number of aromatic nitrogens is 2. The molecule has 0 radical (unpaired) electrons. The average Bonchev–Trinajstić information content (AvgIpc) is 3.36. The molecule has 1 aliphatic rings. The Morgan fingerprint density at radius 3 is 2.74 bits per heavy atom. The molecule has 0 spiro atoms. The highest BCUT2D eigenvalue weighted by Gasteiger charge is 2.21. The summed E-state index contributed by atoms with van der Waals surface area (Å²) in [7, 11) is 3.60. The Morgan fingerprint density at radius 1 is 1.15 bits per heavy atom. The third kappa shape index (κ3) is 5.55. The predicted molar refractivity (Wildman–Crippen MR) is 150 cm³/mol. The summed E-state index contributed by atoms with van der Waals surface area (Å²) in [6.07, 6.45) is 6.88. The number of carbonyl (C=O) groups is 1. The molecular weight excluding hydrogens is 524 g/mol. The molecule has 5 rings (SSSR count). The minimum absolute atomic E-state index is 0.0592. The first kappa shape index (κ1) is 26.5. The van der Waals surface area contributed by atoms with E-state index in [2.05, 4.69) is 25.5 Å². The molecule has 1 unspecified atom stereocenters. The normalized spacial score (nSPS) is 15.7. The number of methoxy groups -OCH3 is 1. The van der Waals surface area contributed by atoms with Crippen LogP contribution in [0.25, 0.3) is 22.0 Å². The molecule has 4 aromatic rings. The molecule has 3 aromatic carbocycles. The number of hydrogen-bond donors (Lipinski definition) is 2. The molecule has 0 saturated carbocycles. The van der Waals surface area contributed by atoms with Crippen LogP contribution in [0.1, 0.15) is 12.8 Å². The van der Waals surface area contributed by atoms with Gasteiger partial charge in [0.15, 0.2) is 5.82 Å². The van der Waals surface area contributed by atoms with E-state index >= 15 is 0 Å². The Kier molecular flexibility index (Phi) is 7.72. The van der Waals surface area contributed by atoms with Gasteiger partial charge in [-0.15, -0.1) is 0 Å². The van der Waals surface area contributed by atoms with Crippen molar-refractivity contribution < 1.29 is 18.3 Å². The molecular formula is C29H26ClF2N5O2. The molecule has 7 nitrogen and oxygen atoms in total. The van der Waals surface area contributed by atoms with Gasteiger partial charge in [-0.25, -0.2) is 18.7 Å². The first-order valence-electron chi connectivity index (χ1n) is 12.4. The smallest absolute Gasteiger partial charge is 0.248 e. The van der Waals surface area contributed by atoms with Crippen LogP contribution in [-0.4, -0.2) is 47.5 Å². The molecule has 2 N–H and O–H groups in total. The molecule has 200 valence electrons. The minimum Gasteiger partial charge on any atom is -0.497 e. The zero-order valence-corrected chi connectivity index (χ0v) is 22.1. The van der Waals surface area contributed by atoms with E-state index in [1.54, 1.807) is 31.4 Å². The highest BCUT2D eigenvalue weighted by molar-refractivity contribution is 6.31. The second-order valence-corrected chi connectivity index (χ2v) is 9.60. The van der Waals surface area contributed by atoms with Crippen molar-refractivity contribution in [3.05, 3.63) is 83.7 Å². The maximum absolute atomic E-state index is 14.8. The molecule has 1 aliphatic heterocycles. The fourth-order valence-corrected chi connectivity index (χ4v) is 4.90. The van der Waals surface area contributed by atoms with E-state index in [0.717, 1.165) is 25.5 Å². The molecule has 1 saturated heterocycles. The van der Waals surface area contributed by atoms with Crippen LogP contribution >= 0.6 is 11.6 Å². The minimum atomic E-state index is -0.946. The number of rotatable bonds is 7. The van der Waals surface area contributed by atoms with Crippen molar-refractivity contribution in [3.8, 4) is 16.9 Å². The summed E-state index contributed by atoms with van der Waals surface area (Å²) in [5, 5.41) is 5.80. The van der Waals surface area contributed by atoms with Crippen LogP contribution in [-0.2, 0) is 4.79 Å². The fourth-order valence-electron chi connectivity index (χ4n) is 4.73. The second-order valence-electron chi connectivity index (χ2n) is 9.22. The zero-order valence-electron chi connectivity index (χ0n) is 21.3. The molecule has 2 heterocycles. The Bertz CT molecular complexity index is 1580. The lowest BCUT2D eigenvalue weighted by Gasteiger charge is -2.18. The van der Waals surface area contributed by atoms with Crippen molar-refractivity contribution in [2.45, 2.75) is 18.9 Å². The molecule has 0 bridgehead atoms. The van der Waals surface area contributed by atoms with Crippen molar-refractivity contribution in [2.75, 3.05) is 31.3 Å². The van der Waals surface area contributed by atoms with Crippen LogP contribution in [0.15, 0.2) is 67.0 Å². The summed E-state index contributed by atoms with van der Waals surface area (Å²) in [6, 6.07) is 13.3. The number of carbonyl (C=O) groups excluding carboxylic acids is 1. The van der Waals surface area contributed by atoms with Gasteiger partial charge in [-0.05, 0) is 68.4 Å². The molecule has 1 fully saturated rings. The second kappa shape index (κ2) is 11.3. The van der Waals surface area contributed by atoms with Crippen LogP contribution in [0.2, 0.25) is 5.02 Å². The zero-order chi connectivity index (χ0) is 27.5. The van der Waals surface area contributed by atoms with E-state index in [9.17, 15) is 13.6 Å². The van der Waals surface area contributed by atoms with Crippen LogP contribution in [0.3, 0.4) is 0 Å². The van der Waals surface area contributed by atoms with Crippen LogP contribution in [0, 0.1) is 11.6 Å². The number of anilines is 3. The van der Waals surface area contributed by atoms with Gasteiger partial charge in [0.25, 0.3) is 0 Å². The maximum atomic E-state index is 14.8. The van der Waals surface area contributed by atoms with Gasteiger partial charge in [0.05, 0.1) is 23.7 Å². The summed E-state index contributed by atoms with van der Waals surface area (Å²) in [5.74, 6) is -1.25. The van der Waals surface area contributed by atoms with Crippen LogP contribution in [0.5, 0.6) is 5.75 Å². The first-order valence-corrected chi connectivity index (χ1v) is 12.8. The van der Waals surface area contributed by atoms with Crippen molar-refractivity contribution in [1.29, 1.82) is 0 Å². The van der Waals surface area contributed by atoms with Gasteiger partial charge in [0.2, 0.25) is 5.91 Å². The number of amides is 1. The van der Waals surface area contributed by atoms with Gasteiger partial charge in [0, 0.05) is 23.4 Å². The number of nitrogens with one attached hydrogen (secondary N) is 2. The number of likely N-dealkylation sites (tertiary alicyclic amines) is 1. The van der Waals surface area contributed by atoms with Gasteiger partial charge in [-0.2, -0.15) is 0 Å². The van der Waals surface area contributed by atoms with Crippen LogP contribution < -0.4 is 15.4 Å². The molecule has 0 aliphatic carbocycles. The van der Waals surface area contributed by atoms with Crippen LogP contribution in [0.4, 0.5) is 26.0 Å². The van der Waals surface area contributed by atoms with E-state index in [1.807, 2.05) is 31.3 Å². The fraction of sp³-hybridized carbons (Fsp3) is 0.207. The lowest BCUT2D eigenvalue weighted by molar-refractivity contribution is -0.111. The summed E-state index contributed by atoms with van der Waals surface area (Å²) in [5.41, 5.74) is 2.30. The van der Waals surface area contributed by atoms with Gasteiger partial charge < -0.3 is 15.4 Å². The van der Waals surface area contributed by atoms with Crippen molar-refractivity contribution in [2.24, 2.45) is 0 Å². The number of benzene rings is 3. The van der Waals surface area contributed by atoms with E-state index < -0.39 is 16.7 Å². The van der Waals surface area contributed by atoms with Crippen molar-refractivity contribution in [1.82, 2.24) is 14.9 Å². The Hall–Kier alpha value is -4.08. The standard InChI is InChI=1S/C29H26ClF2N5O2/c1-37-14-4-6-18(37)8-13-24(38)35-22-12-11-21-26(25(22)17-5-3-7-19(15-17)39-2)29(34-16-33-21)36-23-10-9-20(31)27(30)28(23)32/h3,5,7-13,15-16,18H,4,6,14H2,1-2H3,(H,35,38)(H,33,34,36)/b13-8+. The summed E-state index contributed by atoms with van der Waals surface area (Å²) < 4.78 is 34.0. The van der Waals surface area contributed by atoms with E-state index in [1.165, 1.54) is 12.4 Å². The topological polar surface area (TPSA) is 79.4 Å². The number of ether oxygens (including phenoxy) is 1. The van der Waals surface area contributed by atoms with Gasteiger partial charge >= 0.3 is 0 Å². The molecule has 39 heavy (non-hydrogen) atoms. The number of fused-ring (bicyclic) bond motifs is 1. The maximum Gasteiger partial charge on any atom is 0.248 e. The first-order chi connectivity index (χ1) is 18.9. The lowest BCUT2D eigenvalue weighted by Crippen LogP contribution is -2.23. The monoisotopic (exact) mass is 549 g/mol. The van der Waals surface area contributed by atoms with E-state index in [4.69, 9.17) is 16.3 Å². The van der Waals surface area contributed by atoms with Crippen molar-refractivity contribution in [3.63, 3.8) is 0 Å². The predicted octanol–water partition coefficient (Wildman–Crippen LogP) is 6.57. The van der Waals surface area contributed by atoms with Gasteiger partial charge in [-0.1, -0.05) is 29.8 Å². The number of hydrogen-bond acceptors (Lipinski definition) is 6.